The van der Waals surface area contributed by atoms with Crippen molar-refractivity contribution in [3.63, 3.8) is 0 Å². The number of nitrogens with two attached hydrogens (primary N) is 1. The van der Waals surface area contributed by atoms with Gasteiger partial charge in [-0.25, -0.2) is 4.79 Å². The predicted octanol–water partition coefficient (Wildman–Crippen LogP) is 5.49. The molecular formula is C31H32F3N5O4. The molecule has 2 aromatic carbocycles. The molecule has 1 saturated heterocycles. The second-order valence-electron chi connectivity index (χ2n) is 10.8. The van der Waals surface area contributed by atoms with E-state index in [1.165, 1.54) is 18.1 Å². The molecule has 2 aliphatic rings. The Bertz CT molecular complexity index is 1570. The summed E-state index contributed by atoms with van der Waals surface area (Å²) in [6.07, 6.45) is -3.55. The van der Waals surface area contributed by atoms with Gasteiger partial charge in [0.25, 0.3) is 0 Å². The number of benzene rings is 2. The topological polar surface area (TPSA) is 125 Å². The molecule has 3 aromatic rings. The standard InChI is InChI=1S/C31H32F3N5O4/c1-3-30(36)16-26(25-15-24(42-2)4-5-27(25)39(30)29(40)41)28-21(14-23(18-37-28)38-6-8-43-9-7-38)11-19-10-20(17-35)13-22(12-19)31(32,33)34/h4-5,10,12-15,18,26H,3,6-9,11,16,36H2,1-2H3,(H,40,41)/t26-,30+/m0/s1. The van der Waals surface area contributed by atoms with Crippen LogP contribution in [-0.2, 0) is 17.3 Å². The van der Waals surface area contributed by atoms with E-state index < -0.39 is 29.4 Å². The molecule has 0 unspecified atom stereocenters. The first-order chi connectivity index (χ1) is 20.5. The molecule has 2 aliphatic heterocycles. The zero-order chi connectivity index (χ0) is 30.9. The van der Waals surface area contributed by atoms with Crippen molar-refractivity contribution >= 4 is 17.5 Å². The van der Waals surface area contributed by atoms with Gasteiger partial charge < -0.3 is 25.2 Å². The molecule has 0 saturated carbocycles. The van der Waals surface area contributed by atoms with E-state index in [-0.39, 0.29) is 18.4 Å². The number of alkyl halides is 3. The fourth-order valence-corrected chi connectivity index (χ4v) is 5.98. The molecule has 0 radical (unpaired) electrons. The van der Waals surface area contributed by atoms with Crippen molar-refractivity contribution in [1.29, 1.82) is 5.26 Å². The molecular weight excluding hydrogens is 563 g/mol. The number of fused-ring (bicyclic) bond motifs is 1. The van der Waals surface area contributed by atoms with Crippen molar-refractivity contribution < 1.29 is 32.5 Å². The molecule has 226 valence electrons. The zero-order valence-corrected chi connectivity index (χ0v) is 23.8. The molecule has 0 spiro atoms. The highest BCUT2D eigenvalue weighted by Gasteiger charge is 2.46. The largest absolute Gasteiger partial charge is 0.497 e. The molecule has 1 amide bonds. The van der Waals surface area contributed by atoms with Gasteiger partial charge in [-0.15, -0.1) is 0 Å². The number of pyridine rings is 1. The number of rotatable bonds is 6. The average Bonchev–Trinajstić information content (AvgIpc) is 3.00. The lowest BCUT2D eigenvalue weighted by molar-refractivity contribution is -0.137. The molecule has 43 heavy (non-hydrogen) atoms. The van der Waals surface area contributed by atoms with Gasteiger partial charge in [-0.05, 0) is 78.4 Å². The summed E-state index contributed by atoms with van der Waals surface area (Å²) in [5, 5.41) is 19.6. The van der Waals surface area contributed by atoms with Crippen LogP contribution in [0.5, 0.6) is 5.75 Å². The summed E-state index contributed by atoms with van der Waals surface area (Å²) in [6.45, 7) is 4.12. The Kier molecular flexibility index (Phi) is 8.23. The van der Waals surface area contributed by atoms with Crippen LogP contribution in [0, 0.1) is 11.3 Å². The number of ether oxygens (including phenoxy) is 2. The third-order valence-corrected chi connectivity index (χ3v) is 8.19. The van der Waals surface area contributed by atoms with Crippen molar-refractivity contribution in [2.75, 3.05) is 43.2 Å². The highest BCUT2D eigenvalue weighted by molar-refractivity contribution is 5.90. The van der Waals surface area contributed by atoms with Crippen LogP contribution in [0.15, 0.2) is 48.7 Å². The smallest absolute Gasteiger partial charge is 0.416 e. The van der Waals surface area contributed by atoms with Crippen LogP contribution in [0.2, 0.25) is 0 Å². The van der Waals surface area contributed by atoms with Crippen molar-refractivity contribution in [3.05, 3.63) is 82.2 Å². The maximum absolute atomic E-state index is 13.7. The molecule has 1 fully saturated rings. The molecule has 12 heteroatoms. The minimum atomic E-state index is -4.63. The minimum absolute atomic E-state index is 0.0568. The van der Waals surface area contributed by atoms with Gasteiger partial charge in [-0.2, -0.15) is 18.4 Å². The molecule has 5 rings (SSSR count). The predicted molar refractivity (Wildman–Crippen MR) is 153 cm³/mol. The van der Waals surface area contributed by atoms with Crippen molar-refractivity contribution in [1.82, 2.24) is 4.98 Å². The molecule has 0 aliphatic carbocycles. The summed E-state index contributed by atoms with van der Waals surface area (Å²) in [4.78, 5) is 20.6. The van der Waals surface area contributed by atoms with Gasteiger partial charge in [0.2, 0.25) is 0 Å². The van der Waals surface area contributed by atoms with Gasteiger partial charge in [0.1, 0.15) is 11.4 Å². The van der Waals surface area contributed by atoms with Crippen LogP contribution in [0.4, 0.5) is 29.3 Å². The number of methoxy groups -OCH3 is 1. The lowest BCUT2D eigenvalue weighted by Crippen LogP contribution is -2.61. The maximum Gasteiger partial charge on any atom is 0.416 e. The monoisotopic (exact) mass is 595 g/mol. The number of carboxylic acid groups (broad SMARTS) is 1. The second kappa shape index (κ2) is 11.7. The Balaban J connectivity index is 1.70. The van der Waals surface area contributed by atoms with Gasteiger partial charge in [-0.1, -0.05) is 6.92 Å². The average molecular weight is 596 g/mol. The Hall–Kier alpha value is -4.34. The number of halogens is 3. The number of nitrogens with zero attached hydrogens (tertiary/aromatic N) is 4. The quantitative estimate of drug-likeness (QED) is 0.383. The molecule has 9 nitrogen and oxygen atoms in total. The maximum atomic E-state index is 13.7. The first-order valence-corrected chi connectivity index (χ1v) is 13.9. The number of hydrogen-bond acceptors (Lipinski definition) is 7. The third kappa shape index (κ3) is 5.96. The van der Waals surface area contributed by atoms with Gasteiger partial charge in [0, 0.05) is 19.0 Å². The summed E-state index contributed by atoms with van der Waals surface area (Å²) in [5.41, 5.74) is 7.83. The Morgan fingerprint density at radius 1 is 1.23 bits per heavy atom. The van der Waals surface area contributed by atoms with E-state index in [4.69, 9.17) is 20.2 Å². The van der Waals surface area contributed by atoms with E-state index in [1.54, 1.807) is 24.4 Å². The number of aromatic nitrogens is 1. The number of hydrogen-bond donors (Lipinski definition) is 2. The zero-order valence-electron chi connectivity index (χ0n) is 23.8. The summed E-state index contributed by atoms with van der Waals surface area (Å²) in [5.74, 6) is 0.0127. The summed E-state index contributed by atoms with van der Waals surface area (Å²) >= 11 is 0. The number of amides is 1. The summed E-state index contributed by atoms with van der Waals surface area (Å²) in [6, 6.07) is 12.1. The van der Waals surface area contributed by atoms with Gasteiger partial charge >= 0.3 is 12.3 Å². The van der Waals surface area contributed by atoms with Gasteiger partial charge in [0.15, 0.2) is 0 Å². The number of carbonyl (C=O) groups is 1. The first kappa shape index (κ1) is 30.1. The minimum Gasteiger partial charge on any atom is -0.497 e. The lowest BCUT2D eigenvalue weighted by atomic mass is 9.77. The van der Waals surface area contributed by atoms with Gasteiger partial charge in [0.05, 0.1) is 60.8 Å². The van der Waals surface area contributed by atoms with Crippen LogP contribution in [-0.4, -0.2) is 55.3 Å². The molecule has 3 N–H and O–H groups in total. The number of anilines is 2. The van der Waals surface area contributed by atoms with E-state index in [2.05, 4.69) is 4.90 Å². The van der Waals surface area contributed by atoms with Crippen molar-refractivity contribution in [3.8, 4) is 11.8 Å². The third-order valence-electron chi connectivity index (χ3n) is 8.19. The number of morpholine rings is 1. The summed E-state index contributed by atoms with van der Waals surface area (Å²) in [7, 11) is 1.51. The van der Waals surface area contributed by atoms with E-state index in [0.29, 0.717) is 66.5 Å². The Morgan fingerprint density at radius 3 is 2.60 bits per heavy atom. The fraction of sp³-hybridized carbons (Fsp3) is 0.387. The highest BCUT2D eigenvalue weighted by Crippen LogP contribution is 2.48. The molecule has 1 aromatic heterocycles. The van der Waals surface area contributed by atoms with Crippen LogP contribution in [0.1, 0.15) is 59.2 Å². The highest BCUT2D eigenvalue weighted by atomic mass is 19.4. The molecule has 2 atom stereocenters. The van der Waals surface area contributed by atoms with E-state index >= 15 is 0 Å². The van der Waals surface area contributed by atoms with Crippen molar-refractivity contribution in [2.45, 2.75) is 43.9 Å². The van der Waals surface area contributed by atoms with Gasteiger partial charge in [-0.3, -0.25) is 9.88 Å². The SMILES string of the molecule is CC[C@]1(N)C[C@H](c2ncc(N3CCOCC3)cc2Cc2cc(C#N)cc(C(F)(F)F)c2)c2cc(OC)ccc2N1C(=O)O. The van der Waals surface area contributed by atoms with Crippen LogP contribution < -0.4 is 20.3 Å². The first-order valence-electron chi connectivity index (χ1n) is 13.9. The molecule has 0 bridgehead atoms. The number of nitriles is 1. The van der Waals surface area contributed by atoms with E-state index in [1.807, 2.05) is 19.1 Å². The van der Waals surface area contributed by atoms with Crippen LogP contribution in [0.25, 0.3) is 0 Å². The summed E-state index contributed by atoms with van der Waals surface area (Å²) < 4.78 is 52.2. The van der Waals surface area contributed by atoms with Crippen molar-refractivity contribution in [2.24, 2.45) is 5.73 Å². The van der Waals surface area contributed by atoms with E-state index in [9.17, 15) is 28.3 Å². The Labute approximate surface area is 247 Å². The second-order valence-corrected chi connectivity index (χ2v) is 10.8. The Morgan fingerprint density at radius 2 is 1.98 bits per heavy atom. The van der Waals surface area contributed by atoms with E-state index in [0.717, 1.165) is 17.8 Å². The lowest BCUT2D eigenvalue weighted by Gasteiger charge is -2.46. The normalized spacial score (nSPS) is 20.3. The van der Waals surface area contributed by atoms with Crippen LogP contribution >= 0.6 is 0 Å². The fourth-order valence-electron chi connectivity index (χ4n) is 5.98. The molecule has 3 heterocycles. The van der Waals surface area contributed by atoms with Crippen LogP contribution in [0.3, 0.4) is 0 Å².